The lowest BCUT2D eigenvalue weighted by Crippen LogP contribution is -2.44. The van der Waals surface area contributed by atoms with Gasteiger partial charge in [0, 0.05) is 5.56 Å². The van der Waals surface area contributed by atoms with Crippen molar-refractivity contribution in [1.82, 2.24) is 5.32 Å². The molecule has 0 saturated carbocycles. The van der Waals surface area contributed by atoms with Crippen LogP contribution in [0.4, 0.5) is 0 Å². The molecule has 5 nitrogen and oxygen atoms in total. The van der Waals surface area contributed by atoms with E-state index >= 15 is 0 Å². The van der Waals surface area contributed by atoms with Crippen LogP contribution in [0.2, 0.25) is 0 Å². The van der Waals surface area contributed by atoms with Crippen LogP contribution in [0.15, 0.2) is 24.3 Å². The molecule has 0 aliphatic heterocycles. The Bertz CT molecular complexity index is 480. The molecule has 0 radical (unpaired) electrons. The molecule has 0 heterocycles. The molecule has 1 aromatic rings. The van der Waals surface area contributed by atoms with Crippen LogP contribution in [0.1, 0.15) is 38.1 Å². The van der Waals surface area contributed by atoms with Crippen LogP contribution in [-0.4, -0.2) is 29.6 Å². The Hall–Kier alpha value is -2.04. The Morgan fingerprint density at radius 2 is 1.71 bits per heavy atom. The van der Waals surface area contributed by atoms with Crippen molar-refractivity contribution in [2.24, 2.45) is 11.8 Å². The van der Waals surface area contributed by atoms with Gasteiger partial charge in [-0.3, -0.25) is 4.79 Å². The fourth-order valence-corrected chi connectivity index (χ4v) is 1.70. The van der Waals surface area contributed by atoms with Crippen molar-refractivity contribution in [3.05, 3.63) is 29.8 Å². The highest BCUT2D eigenvalue weighted by atomic mass is 16.5. The number of rotatable bonds is 7. The lowest BCUT2D eigenvalue weighted by molar-refractivity contribution is -0.140. The summed E-state index contributed by atoms with van der Waals surface area (Å²) in [6.45, 7) is 8.23. The lowest BCUT2D eigenvalue weighted by Gasteiger charge is -2.18. The average molecular weight is 293 g/mol. The Labute approximate surface area is 125 Å². The molecule has 0 bridgehead atoms. The van der Waals surface area contributed by atoms with E-state index in [9.17, 15) is 9.59 Å². The van der Waals surface area contributed by atoms with Gasteiger partial charge in [-0.05, 0) is 36.1 Å². The monoisotopic (exact) mass is 293 g/mol. The number of hydrogen-bond acceptors (Lipinski definition) is 3. The van der Waals surface area contributed by atoms with Crippen molar-refractivity contribution in [2.75, 3.05) is 6.61 Å². The van der Waals surface area contributed by atoms with Crippen molar-refractivity contribution < 1.29 is 19.4 Å². The van der Waals surface area contributed by atoms with Crippen LogP contribution in [-0.2, 0) is 4.79 Å². The topological polar surface area (TPSA) is 75.6 Å². The summed E-state index contributed by atoms with van der Waals surface area (Å²) in [5.74, 6) is -0.490. The summed E-state index contributed by atoms with van der Waals surface area (Å²) in [7, 11) is 0. The van der Waals surface area contributed by atoms with E-state index in [4.69, 9.17) is 9.84 Å². The SMILES string of the molecule is CC(C)COc1ccc(C(=O)N[C@@H](C(=O)O)C(C)C)cc1. The Balaban J connectivity index is 2.68. The van der Waals surface area contributed by atoms with Crippen molar-refractivity contribution >= 4 is 11.9 Å². The average Bonchev–Trinajstić information content (AvgIpc) is 2.42. The third-order valence-corrected chi connectivity index (χ3v) is 2.92. The summed E-state index contributed by atoms with van der Waals surface area (Å²) in [6, 6.07) is 5.79. The largest absolute Gasteiger partial charge is 0.493 e. The number of carboxylic acids is 1. The van der Waals surface area contributed by atoms with Crippen LogP contribution < -0.4 is 10.1 Å². The summed E-state index contributed by atoms with van der Waals surface area (Å²) in [5, 5.41) is 11.6. The molecule has 1 atom stereocenters. The number of amides is 1. The van der Waals surface area contributed by atoms with Crippen LogP contribution in [0.3, 0.4) is 0 Å². The minimum atomic E-state index is -1.03. The number of nitrogens with one attached hydrogen (secondary N) is 1. The van der Waals surface area contributed by atoms with Gasteiger partial charge >= 0.3 is 5.97 Å². The molecule has 5 heteroatoms. The molecule has 0 spiro atoms. The zero-order chi connectivity index (χ0) is 16.0. The van der Waals surface area contributed by atoms with E-state index in [0.717, 1.165) is 0 Å². The fraction of sp³-hybridized carbons (Fsp3) is 0.500. The molecule has 1 aromatic carbocycles. The first-order chi connectivity index (χ1) is 9.81. The van der Waals surface area contributed by atoms with Gasteiger partial charge in [0.15, 0.2) is 0 Å². The van der Waals surface area contributed by atoms with E-state index in [1.54, 1.807) is 38.1 Å². The van der Waals surface area contributed by atoms with Crippen molar-refractivity contribution in [3.63, 3.8) is 0 Å². The molecule has 1 amide bonds. The maximum absolute atomic E-state index is 12.0. The standard InChI is InChI=1S/C16H23NO4/c1-10(2)9-21-13-7-5-12(6-8-13)15(18)17-14(11(3)4)16(19)20/h5-8,10-11,14H,9H2,1-4H3,(H,17,18)(H,19,20)/t14-/m1/s1. The normalized spacial score (nSPS) is 12.3. The molecular weight excluding hydrogens is 270 g/mol. The van der Waals surface area contributed by atoms with Gasteiger partial charge in [0.1, 0.15) is 11.8 Å². The second-order valence-corrected chi connectivity index (χ2v) is 5.76. The minimum absolute atomic E-state index is 0.180. The third kappa shape index (κ3) is 5.45. The van der Waals surface area contributed by atoms with E-state index in [2.05, 4.69) is 19.2 Å². The van der Waals surface area contributed by atoms with Gasteiger partial charge < -0.3 is 15.2 Å². The second-order valence-electron chi connectivity index (χ2n) is 5.76. The molecule has 1 rings (SSSR count). The highest BCUT2D eigenvalue weighted by Crippen LogP contribution is 2.14. The first-order valence-corrected chi connectivity index (χ1v) is 7.07. The molecule has 0 aromatic heterocycles. The summed E-state index contributed by atoms with van der Waals surface area (Å²) < 4.78 is 5.53. The molecule has 0 aliphatic rings. The summed E-state index contributed by atoms with van der Waals surface area (Å²) in [6.07, 6.45) is 0. The first kappa shape index (κ1) is 17.0. The van der Waals surface area contributed by atoms with Gasteiger partial charge in [-0.25, -0.2) is 4.79 Å². The van der Waals surface area contributed by atoms with Gasteiger partial charge in [0.2, 0.25) is 0 Å². The lowest BCUT2D eigenvalue weighted by atomic mass is 10.0. The van der Waals surface area contributed by atoms with Crippen LogP contribution in [0, 0.1) is 11.8 Å². The molecule has 21 heavy (non-hydrogen) atoms. The van der Waals surface area contributed by atoms with Gasteiger partial charge in [0.25, 0.3) is 5.91 Å². The number of aliphatic carboxylic acids is 1. The Morgan fingerprint density at radius 1 is 1.14 bits per heavy atom. The van der Waals surface area contributed by atoms with Crippen LogP contribution in [0.25, 0.3) is 0 Å². The molecule has 116 valence electrons. The van der Waals surface area contributed by atoms with Gasteiger partial charge in [0.05, 0.1) is 6.61 Å². The maximum Gasteiger partial charge on any atom is 0.326 e. The third-order valence-electron chi connectivity index (χ3n) is 2.92. The number of ether oxygens (including phenoxy) is 1. The molecule has 0 fully saturated rings. The second kappa shape index (κ2) is 7.67. The first-order valence-electron chi connectivity index (χ1n) is 7.07. The van der Waals surface area contributed by atoms with E-state index in [1.807, 2.05) is 0 Å². The highest BCUT2D eigenvalue weighted by molar-refractivity contribution is 5.96. The summed E-state index contributed by atoms with van der Waals surface area (Å²) in [4.78, 5) is 23.1. The summed E-state index contributed by atoms with van der Waals surface area (Å²) >= 11 is 0. The highest BCUT2D eigenvalue weighted by Gasteiger charge is 2.23. The van der Waals surface area contributed by atoms with Crippen molar-refractivity contribution in [1.29, 1.82) is 0 Å². The minimum Gasteiger partial charge on any atom is -0.493 e. The van der Waals surface area contributed by atoms with E-state index in [1.165, 1.54) is 0 Å². The molecule has 0 aliphatic carbocycles. The Kier molecular flexibility index (Phi) is 6.21. The van der Waals surface area contributed by atoms with Gasteiger partial charge in [-0.15, -0.1) is 0 Å². The number of carbonyl (C=O) groups excluding carboxylic acids is 1. The van der Waals surface area contributed by atoms with E-state index in [0.29, 0.717) is 23.8 Å². The predicted molar refractivity (Wildman–Crippen MR) is 80.5 cm³/mol. The molecule has 0 saturated heterocycles. The molecular formula is C16H23NO4. The number of carbonyl (C=O) groups is 2. The smallest absolute Gasteiger partial charge is 0.326 e. The maximum atomic E-state index is 12.0. The van der Waals surface area contributed by atoms with Crippen molar-refractivity contribution in [3.8, 4) is 5.75 Å². The number of carboxylic acid groups (broad SMARTS) is 1. The van der Waals surface area contributed by atoms with E-state index in [-0.39, 0.29) is 5.92 Å². The number of benzene rings is 1. The molecule has 2 N–H and O–H groups in total. The number of hydrogen-bond donors (Lipinski definition) is 2. The van der Waals surface area contributed by atoms with Gasteiger partial charge in [-0.2, -0.15) is 0 Å². The van der Waals surface area contributed by atoms with Crippen LogP contribution in [0.5, 0.6) is 5.75 Å². The zero-order valence-corrected chi connectivity index (χ0v) is 12.9. The van der Waals surface area contributed by atoms with Gasteiger partial charge in [-0.1, -0.05) is 27.7 Å². The summed E-state index contributed by atoms with van der Waals surface area (Å²) in [5.41, 5.74) is 0.416. The predicted octanol–water partition coefficient (Wildman–Crippen LogP) is 2.56. The van der Waals surface area contributed by atoms with Crippen molar-refractivity contribution in [2.45, 2.75) is 33.7 Å². The van der Waals surface area contributed by atoms with Crippen LogP contribution >= 0.6 is 0 Å². The quantitative estimate of drug-likeness (QED) is 0.810. The Morgan fingerprint density at radius 3 is 2.14 bits per heavy atom. The zero-order valence-electron chi connectivity index (χ0n) is 12.9. The van der Waals surface area contributed by atoms with E-state index < -0.39 is 17.9 Å². The molecule has 0 unspecified atom stereocenters. The fourth-order valence-electron chi connectivity index (χ4n) is 1.70.